The van der Waals surface area contributed by atoms with E-state index in [1.807, 2.05) is 25.1 Å². The standard InChI is InChI=1S/C24H31N3O4/c1-4-14-6-8-15(9-7-14)22-21-17(24(28)29)13-18(25-23(21)27-26-22)16-10-11-19(31-5-2)20(12-16)30-3/h6-12,17-18,21-23,25-27H,4-5,13H2,1-3H3,(H,28,29). The van der Waals surface area contributed by atoms with E-state index in [0.717, 1.165) is 17.5 Å². The maximum atomic E-state index is 12.3. The second kappa shape index (κ2) is 9.26. The fourth-order valence-corrected chi connectivity index (χ4v) is 4.82. The van der Waals surface area contributed by atoms with Crippen LogP contribution in [-0.4, -0.2) is 31.0 Å². The molecule has 0 aliphatic carbocycles. The minimum absolute atomic E-state index is 0.0691. The van der Waals surface area contributed by atoms with Gasteiger partial charge in [0, 0.05) is 12.0 Å². The lowest BCUT2D eigenvalue weighted by Gasteiger charge is -2.39. The third kappa shape index (κ3) is 4.26. The molecule has 2 fully saturated rings. The number of piperidine rings is 1. The summed E-state index contributed by atoms with van der Waals surface area (Å²) in [6.07, 6.45) is 1.32. The summed E-state index contributed by atoms with van der Waals surface area (Å²) in [5, 5.41) is 13.7. The van der Waals surface area contributed by atoms with E-state index >= 15 is 0 Å². The largest absolute Gasteiger partial charge is 0.493 e. The highest BCUT2D eigenvalue weighted by atomic mass is 16.5. The number of carbonyl (C=O) groups is 1. The van der Waals surface area contributed by atoms with Gasteiger partial charge < -0.3 is 14.6 Å². The Balaban J connectivity index is 1.59. The lowest BCUT2D eigenvalue weighted by molar-refractivity contribution is -0.146. The molecule has 2 saturated heterocycles. The fourth-order valence-electron chi connectivity index (χ4n) is 4.82. The summed E-state index contributed by atoms with van der Waals surface area (Å²) in [6, 6.07) is 14.1. The Labute approximate surface area is 183 Å². The maximum absolute atomic E-state index is 12.3. The number of aliphatic carboxylic acids is 1. The summed E-state index contributed by atoms with van der Waals surface area (Å²) in [5.41, 5.74) is 10.00. The number of benzene rings is 2. The second-order valence-electron chi connectivity index (χ2n) is 8.16. The maximum Gasteiger partial charge on any atom is 0.307 e. The highest BCUT2D eigenvalue weighted by Gasteiger charge is 2.49. The molecule has 4 N–H and O–H groups in total. The summed E-state index contributed by atoms with van der Waals surface area (Å²) >= 11 is 0. The topological polar surface area (TPSA) is 91.9 Å². The van der Waals surface area contributed by atoms with Gasteiger partial charge in [-0.05, 0) is 48.6 Å². The molecule has 166 valence electrons. The summed E-state index contributed by atoms with van der Waals surface area (Å²) in [5.74, 6) is -0.0203. The number of methoxy groups -OCH3 is 1. The Morgan fingerprint density at radius 1 is 1.06 bits per heavy atom. The van der Waals surface area contributed by atoms with E-state index in [2.05, 4.69) is 47.4 Å². The predicted molar refractivity (Wildman–Crippen MR) is 118 cm³/mol. The second-order valence-corrected chi connectivity index (χ2v) is 8.16. The van der Waals surface area contributed by atoms with Crippen molar-refractivity contribution in [1.29, 1.82) is 0 Å². The Morgan fingerprint density at radius 3 is 2.45 bits per heavy atom. The number of carboxylic acids is 1. The normalized spacial score (nSPS) is 27.5. The van der Waals surface area contributed by atoms with Crippen LogP contribution in [0.5, 0.6) is 11.5 Å². The molecule has 0 spiro atoms. The third-order valence-corrected chi connectivity index (χ3v) is 6.45. The molecule has 5 unspecified atom stereocenters. The van der Waals surface area contributed by atoms with Crippen LogP contribution < -0.4 is 25.6 Å². The summed E-state index contributed by atoms with van der Waals surface area (Å²) in [6.45, 7) is 4.61. The first-order chi connectivity index (χ1) is 15.0. The van der Waals surface area contributed by atoms with E-state index in [4.69, 9.17) is 9.47 Å². The number of ether oxygens (including phenoxy) is 2. The van der Waals surface area contributed by atoms with Crippen molar-refractivity contribution in [1.82, 2.24) is 16.2 Å². The first kappa shape index (κ1) is 21.6. The Hall–Kier alpha value is -2.61. The van der Waals surface area contributed by atoms with Gasteiger partial charge in [-0.25, -0.2) is 10.9 Å². The third-order valence-electron chi connectivity index (χ3n) is 6.45. The van der Waals surface area contributed by atoms with Crippen LogP contribution in [0.25, 0.3) is 0 Å². The van der Waals surface area contributed by atoms with Gasteiger partial charge >= 0.3 is 5.97 Å². The van der Waals surface area contributed by atoms with E-state index in [9.17, 15) is 9.90 Å². The lowest BCUT2D eigenvalue weighted by Crippen LogP contribution is -2.53. The molecule has 2 aromatic carbocycles. The van der Waals surface area contributed by atoms with E-state index < -0.39 is 11.9 Å². The van der Waals surface area contributed by atoms with Crippen molar-refractivity contribution in [3.05, 3.63) is 59.2 Å². The summed E-state index contributed by atoms with van der Waals surface area (Å²) in [7, 11) is 1.61. The van der Waals surface area contributed by atoms with Crippen LogP contribution in [-0.2, 0) is 11.2 Å². The molecule has 2 aliphatic rings. The van der Waals surface area contributed by atoms with Crippen LogP contribution in [0.1, 0.15) is 49.0 Å². The van der Waals surface area contributed by atoms with E-state index in [0.29, 0.717) is 24.5 Å². The molecule has 7 heteroatoms. The van der Waals surface area contributed by atoms with Gasteiger partial charge in [-0.2, -0.15) is 0 Å². The van der Waals surface area contributed by atoms with Crippen molar-refractivity contribution in [3.8, 4) is 11.5 Å². The molecular formula is C24H31N3O4. The molecule has 0 saturated carbocycles. The number of nitrogens with one attached hydrogen (secondary N) is 3. The van der Waals surface area contributed by atoms with Gasteiger partial charge in [0.05, 0.1) is 31.8 Å². The monoisotopic (exact) mass is 425 g/mol. The number of hydrazine groups is 1. The summed E-state index contributed by atoms with van der Waals surface area (Å²) < 4.78 is 11.1. The minimum atomic E-state index is -0.764. The molecule has 0 radical (unpaired) electrons. The van der Waals surface area contributed by atoms with Gasteiger partial charge in [-0.3, -0.25) is 10.1 Å². The zero-order chi connectivity index (χ0) is 22.0. The molecule has 0 amide bonds. The number of aryl methyl sites for hydroxylation is 1. The van der Waals surface area contributed by atoms with E-state index in [1.54, 1.807) is 7.11 Å². The van der Waals surface area contributed by atoms with E-state index in [-0.39, 0.29) is 24.2 Å². The van der Waals surface area contributed by atoms with Gasteiger partial charge in [0.15, 0.2) is 11.5 Å². The highest BCUT2D eigenvalue weighted by Crippen LogP contribution is 2.43. The highest BCUT2D eigenvalue weighted by molar-refractivity contribution is 5.71. The molecule has 31 heavy (non-hydrogen) atoms. The van der Waals surface area contributed by atoms with Gasteiger partial charge in [-0.1, -0.05) is 37.3 Å². The van der Waals surface area contributed by atoms with Crippen LogP contribution in [0.4, 0.5) is 0 Å². The zero-order valence-electron chi connectivity index (χ0n) is 18.2. The first-order valence-electron chi connectivity index (χ1n) is 10.9. The Morgan fingerprint density at radius 2 is 1.81 bits per heavy atom. The lowest BCUT2D eigenvalue weighted by atomic mass is 9.74. The number of hydrogen-bond donors (Lipinski definition) is 4. The Bertz CT molecular complexity index is 918. The number of hydrogen-bond acceptors (Lipinski definition) is 6. The quantitative estimate of drug-likeness (QED) is 0.542. The predicted octanol–water partition coefficient (Wildman–Crippen LogP) is 3.18. The average molecular weight is 426 g/mol. The molecule has 4 rings (SSSR count). The smallest absolute Gasteiger partial charge is 0.307 e. The molecule has 0 bridgehead atoms. The molecule has 2 heterocycles. The molecular weight excluding hydrogens is 394 g/mol. The molecule has 2 aliphatic heterocycles. The average Bonchev–Trinajstić information content (AvgIpc) is 3.23. The number of carboxylic acid groups (broad SMARTS) is 1. The first-order valence-corrected chi connectivity index (χ1v) is 10.9. The SMILES string of the molecule is CCOc1ccc(C2CC(C(=O)O)C3C(NNC3c3ccc(CC)cc3)N2)cc1OC. The zero-order valence-corrected chi connectivity index (χ0v) is 18.2. The molecule has 2 aromatic rings. The van der Waals surface area contributed by atoms with Crippen LogP contribution >= 0.6 is 0 Å². The Kier molecular flexibility index (Phi) is 6.46. The van der Waals surface area contributed by atoms with Gasteiger partial charge in [0.2, 0.25) is 0 Å². The fraction of sp³-hybridized carbons (Fsp3) is 0.458. The molecule has 0 aromatic heterocycles. The van der Waals surface area contributed by atoms with Crippen molar-refractivity contribution in [2.45, 2.75) is 44.9 Å². The molecule has 5 atom stereocenters. The van der Waals surface area contributed by atoms with Gasteiger partial charge in [-0.15, -0.1) is 0 Å². The summed E-state index contributed by atoms with van der Waals surface area (Å²) in [4.78, 5) is 12.3. The van der Waals surface area contributed by atoms with Crippen molar-refractivity contribution < 1.29 is 19.4 Å². The van der Waals surface area contributed by atoms with Crippen LogP contribution in [0.2, 0.25) is 0 Å². The van der Waals surface area contributed by atoms with Crippen LogP contribution in [0.3, 0.4) is 0 Å². The van der Waals surface area contributed by atoms with Crippen LogP contribution in [0, 0.1) is 11.8 Å². The number of rotatable bonds is 7. The van der Waals surface area contributed by atoms with Gasteiger partial charge in [0.1, 0.15) is 0 Å². The van der Waals surface area contributed by atoms with Crippen molar-refractivity contribution >= 4 is 5.97 Å². The van der Waals surface area contributed by atoms with Crippen LogP contribution in [0.15, 0.2) is 42.5 Å². The van der Waals surface area contributed by atoms with Gasteiger partial charge in [0.25, 0.3) is 0 Å². The molecule has 7 nitrogen and oxygen atoms in total. The van der Waals surface area contributed by atoms with Crippen molar-refractivity contribution in [2.75, 3.05) is 13.7 Å². The van der Waals surface area contributed by atoms with Crippen molar-refractivity contribution in [3.63, 3.8) is 0 Å². The number of fused-ring (bicyclic) bond motifs is 1. The minimum Gasteiger partial charge on any atom is -0.493 e. The van der Waals surface area contributed by atoms with E-state index in [1.165, 1.54) is 5.56 Å². The van der Waals surface area contributed by atoms with Crippen molar-refractivity contribution in [2.24, 2.45) is 11.8 Å².